The quantitative estimate of drug-likeness (QED) is 0.394. The number of hydrogen-bond donors (Lipinski definition) is 0. The van der Waals surface area contributed by atoms with Crippen LogP contribution in [0.1, 0.15) is 48.3 Å². The number of carbonyl (C=O) groups is 1. The van der Waals surface area contributed by atoms with E-state index in [0.717, 1.165) is 33.8 Å². The van der Waals surface area contributed by atoms with Crippen molar-refractivity contribution in [1.82, 2.24) is 0 Å². The highest BCUT2D eigenvalue weighted by atomic mass is 35.5. The summed E-state index contributed by atoms with van der Waals surface area (Å²) < 4.78 is 5.93. The zero-order chi connectivity index (χ0) is 24.4. The van der Waals surface area contributed by atoms with Crippen LogP contribution in [0.15, 0.2) is 95.1 Å². The molecule has 0 aromatic heterocycles. The molecule has 3 aromatic rings. The number of Topliss-reactive ketones (excluding diaryl/α,β-unsaturated/α-hetero) is 1. The first-order valence-corrected chi connectivity index (χ1v) is 12.1. The Labute approximate surface area is 210 Å². The molecule has 0 saturated carbocycles. The van der Waals surface area contributed by atoms with Crippen molar-refractivity contribution < 1.29 is 9.53 Å². The molecule has 0 N–H and O–H groups in total. The molecular weight excluding hydrogens is 456 g/mol. The second-order valence-electron chi connectivity index (χ2n) is 9.12. The molecule has 3 unspecified atom stereocenters. The van der Waals surface area contributed by atoms with E-state index in [1.54, 1.807) is 0 Å². The lowest BCUT2D eigenvalue weighted by Crippen LogP contribution is -2.32. The number of rotatable bonds is 5. The highest BCUT2D eigenvalue weighted by Crippen LogP contribution is 2.46. The minimum absolute atomic E-state index is 0.0584. The average molecular weight is 481 g/mol. The molecule has 0 bridgehead atoms. The summed E-state index contributed by atoms with van der Waals surface area (Å²) >= 11 is 6.05. The third kappa shape index (κ3) is 4.78. The topological polar surface area (TPSA) is 62.4 Å². The van der Waals surface area contributed by atoms with Crippen LogP contribution in [0.2, 0.25) is 5.02 Å². The van der Waals surface area contributed by atoms with Crippen LogP contribution < -0.4 is 4.74 Å². The summed E-state index contributed by atoms with van der Waals surface area (Å²) in [6, 6.07) is 27.8. The van der Waals surface area contributed by atoms with Gasteiger partial charge in [-0.05, 0) is 60.2 Å². The van der Waals surface area contributed by atoms with Gasteiger partial charge in [0.05, 0.1) is 12.0 Å². The Hall–Kier alpha value is -3.68. The lowest BCUT2D eigenvalue weighted by molar-refractivity contribution is -0.116. The summed E-state index contributed by atoms with van der Waals surface area (Å²) in [4.78, 5) is 18.2. The van der Waals surface area contributed by atoms with Crippen molar-refractivity contribution >= 4 is 23.1 Å². The van der Waals surface area contributed by atoms with Gasteiger partial charge in [0.25, 0.3) is 0 Å². The van der Waals surface area contributed by atoms with Crippen molar-refractivity contribution in [2.24, 2.45) is 10.9 Å². The average Bonchev–Trinajstić information content (AvgIpc) is 2.88. The molecule has 1 aliphatic carbocycles. The number of carbonyl (C=O) groups excluding carboxylic acids is 1. The van der Waals surface area contributed by atoms with E-state index >= 15 is 0 Å². The minimum atomic E-state index is -0.471. The van der Waals surface area contributed by atoms with Crippen LogP contribution in [0.4, 0.5) is 0 Å². The van der Waals surface area contributed by atoms with Crippen LogP contribution in [0.3, 0.4) is 0 Å². The Kier molecular flexibility index (Phi) is 6.53. The minimum Gasteiger partial charge on any atom is -0.489 e. The molecule has 0 spiro atoms. The maximum absolute atomic E-state index is 13.5. The maximum atomic E-state index is 13.5. The van der Waals surface area contributed by atoms with Crippen LogP contribution in [0.25, 0.3) is 0 Å². The summed E-state index contributed by atoms with van der Waals surface area (Å²) in [6.07, 6.45) is 1.08. The van der Waals surface area contributed by atoms with E-state index in [1.165, 1.54) is 0 Å². The molecule has 3 atom stereocenters. The smallest absolute Gasteiger partial charge is 0.161 e. The van der Waals surface area contributed by atoms with Crippen LogP contribution in [-0.4, -0.2) is 11.5 Å². The molecule has 1 aliphatic heterocycles. The Morgan fingerprint density at radius 2 is 1.66 bits per heavy atom. The lowest BCUT2D eigenvalue weighted by atomic mass is 9.69. The summed E-state index contributed by atoms with van der Waals surface area (Å²) in [5.74, 6) is 0.0784. The third-order valence-corrected chi connectivity index (χ3v) is 7.11. The molecule has 0 fully saturated rings. The molecule has 3 aromatic carbocycles. The normalized spacial score (nSPS) is 21.7. The second kappa shape index (κ2) is 9.90. The van der Waals surface area contributed by atoms with E-state index in [4.69, 9.17) is 21.3 Å². The van der Waals surface area contributed by atoms with E-state index in [2.05, 4.69) is 6.07 Å². The summed E-state index contributed by atoms with van der Waals surface area (Å²) in [5.41, 5.74) is 5.36. The number of aliphatic imine (C=N–C) groups is 1. The number of halogens is 1. The van der Waals surface area contributed by atoms with Gasteiger partial charge in [0.15, 0.2) is 5.78 Å². The summed E-state index contributed by atoms with van der Waals surface area (Å²) in [7, 11) is 0. The Balaban J connectivity index is 1.42. The molecule has 5 heteroatoms. The van der Waals surface area contributed by atoms with Crippen molar-refractivity contribution in [1.29, 1.82) is 5.26 Å². The van der Waals surface area contributed by atoms with Crippen molar-refractivity contribution in [3.63, 3.8) is 0 Å². The van der Waals surface area contributed by atoms with Gasteiger partial charge in [-0.3, -0.25) is 9.79 Å². The van der Waals surface area contributed by atoms with Gasteiger partial charge >= 0.3 is 0 Å². The van der Waals surface area contributed by atoms with Crippen molar-refractivity contribution in [2.75, 3.05) is 0 Å². The Morgan fingerprint density at radius 3 is 2.34 bits per heavy atom. The van der Waals surface area contributed by atoms with E-state index < -0.39 is 5.92 Å². The predicted molar refractivity (Wildman–Crippen MR) is 138 cm³/mol. The van der Waals surface area contributed by atoms with Gasteiger partial charge in [-0.15, -0.1) is 0 Å². The van der Waals surface area contributed by atoms with Crippen molar-refractivity contribution in [3.05, 3.63) is 112 Å². The fourth-order valence-corrected chi connectivity index (χ4v) is 5.20. The molecule has 1 heterocycles. The first-order chi connectivity index (χ1) is 17.0. The zero-order valence-corrected chi connectivity index (χ0v) is 20.2. The third-order valence-electron chi connectivity index (χ3n) is 6.86. The predicted octanol–water partition coefficient (Wildman–Crippen LogP) is 7.02. The van der Waals surface area contributed by atoms with Gasteiger partial charge < -0.3 is 4.74 Å². The number of allylic oxidation sites excluding steroid dienone is 2. The summed E-state index contributed by atoms with van der Waals surface area (Å²) in [5, 5.41) is 10.7. The van der Waals surface area contributed by atoms with Crippen molar-refractivity contribution in [2.45, 2.75) is 38.2 Å². The standard InChI is InChI=1S/C30H25ClN2O2/c1-19-26(17-32)29(22-9-13-25(14-10-22)35-18-20-5-3-2-4-6-20)30-27(33-19)15-23(16-28(30)34)21-7-11-24(31)12-8-21/h2-14,23,26,29H,15-16,18H2,1H3. The maximum Gasteiger partial charge on any atom is 0.161 e. The molecule has 0 amide bonds. The highest BCUT2D eigenvalue weighted by molar-refractivity contribution is 6.30. The number of ether oxygens (including phenoxy) is 1. The number of nitriles is 1. The Bertz CT molecular complexity index is 1340. The van der Waals surface area contributed by atoms with E-state index in [9.17, 15) is 10.1 Å². The van der Waals surface area contributed by atoms with Crippen molar-refractivity contribution in [3.8, 4) is 11.8 Å². The van der Waals surface area contributed by atoms with E-state index in [1.807, 2.05) is 85.8 Å². The number of ketones is 1. The van der Waals surface area contributed by atoms with Crippen LogP contribution >= 0.6 is 11.6 Å². The van der Waals surface area contributed by atoms with E-state index in [0.29, 0.717) is 30.0 Å². The first-order valence-electron chi connectivity index (χ1n) is 11.8. The fraction of sp³-hybridized carbons (Fsp3) is 0.233. The largest absolute Gasteiger partial charge is 0.489 e. The van der Waals surface area contributed by atoms with Crippen LogP contribution in [0.5, 0.6) is 5.75 Å². The molecule has 0 radical (unpaired) electrons. The molecule has 5 rings (SSSR count). The van der Waals surface area contributed by atoms with Gasteiger partial charge in [-0.25, -0.2) is 0 Å². The summed E-state index contributed by atoms with van der Waals surface area (Å²) in [6.45, 7) is 2.37. The number of hydrogen-bond acceptors (Lipinski definition) is 4. The van der Waals surface area contributed by atoms with Gasteiger partial charge in [0, 0.05) is 34.3 Å². The lowest BCUT2D eigenvalue weighted by Gasteiger charge is -2.35. The van der Waals surface area contributed by atoms with Gasteiger partial charge in [-0.2, -0.15) is 5.26 Å². The number of benzene rings is 3. The molecule has 4 nitrogen and oxygen atoms in total. The first kappa shape index (κ1) is 23.1. The van der Waals surface area contributed by atoms with Crippen LogP contribution in [-0.2, 0) is 11.4 Å². The zero-order valence-electron chi connectivity index (χ0n) is 19.4. The molecule has 2 aliphatic rings. The van der Waals surface area contributed by atoms with Gasteiger partial charge in [0.1, 0.15) is 12.4 Å². The Morgan fingerprint density at radius 1 is 0.971 bits per heavy atom. The monoisotopic (exact) mass is 480 g/mol. The molecular formula is C30H25ClN2O2. The second-order valence-corrected chi connectivity index (χ2v) is 9.56. The molecule has 174 valence electrons. The van der Waals surface area contributed by atoms with Gasteiger partial charge in [-0.1, -0.05) is 66.2 Å². The molecule has 0 saturated heterocycles. The fourth-order valence-electron chi connectivity index (χ4n) is 5.07. The van der Waals surface area contributed by atoms with Crippen LogP contribution in [0, 0.1) is 17.2 Å². The highest BCUT2D eigenvalue weighted by Gasteiger charge is 2.41. The van der Waals surface area contributed by atoms with E-state index in [-0.39, 0.29) is 17.6 Å². The number of nitrogens with zero attached hydrogens (tertiary/aromatic N) is 2. The van der Waals surface area contributed by atoms with Gasteiger partial charge in [0.2, 0.25) is 0 Å². The molecule has 35 heavy (non-hydrogen) atoms. The SMILES string of the molecule is CC1=NC2=C(C(=O)CC(c3ccc(Cl)cc3)C2)C(c2ccc(OCc3ccccc3)cc2)C1C#N.